The molecule has 0 aliphatic rings. The zero-order chi connectivity index (χ0) is 38.3. The predicted molar refractivity (Wildman–Crippen MR) is 240 cm³/mol. The maximum atomic E-state index is 6.95. The Hall–Kier alpha value is -7.62. The standard InChI is InChI=1S/C54H37NO2/c1-3-15-36(4-2)40-22-14-23-43(32-40)55(44-26-29-47-46-27-24-41(37-16-8-5-9-17-37)33-50(46)56-52(47)35-44)49-31-30-45(39-20-12-7-13-21-39)54-53(49)48-28-25-42(34-51(48)57-54)38-18-10-6-11-19-38/h3-35H,1-2H2/b36-15+. The molecular formula is C54H37NO2. The summed E-state index contributed by atoms with van der Waals surface area (Å²) in [4.78, 5) is 2.32. The first kappa shape index (κ1) is 33.9. The second-order valence-electron chi connectivity index (χ2n) is 14.2. The monoisotopic (exact) mass is 731 g/mol. The van der Waals surface area contributed by atoms with Crippen molar-refractivity contribution in [2.45, 2.75) is 0 Å². The van der Waals surface area contributed by atoms with Gasteiger partial charge >= 0.3 is 0 Å². The third-order valence-corrected chi connectivity index (χ3v) is 10.8. The first-order chi connectivity index (χ1) is 28.2. The molecule has 0 radical (unpaired) electrons. The molecule has 3 nitrogen and oxygen atoms in total. The summed E-state index contributed by atoms with van der Waals surface area (Å²) >= 11 is 0. The summed E-state index contributed by atoms with van der Waals surface area (Å²) in [5.74, 6) is 0. The molecule has 0 spiro atoms. The van der Waals surface area contributed by atoms with Gasteiger partial charge in [0.15, 0.2) is 0 Å². The van der Waals surface area contributed by atoms with Crippen molar-refractivity contribution in [2.24, 2.45) is 0 Å². The van der Waals surface area contributed by atoms with Crippen LogP contribution in [-0.2, 0) is 0 Å². The summed E-state index contributed by atoms with van der Waals surface area (Å²) in [6, 6.07) is 63.9. The summed E-state index contributed by atoms with van der Waals surface area (Å²) in [6.45, 7) is 8.06. The maximum Gasteiger partial charge on any atom is 0.145 e. The molecule has 0 fully saturated rings. The summed E-state index contributed by atoms with van der Waals surface area (Å²) in [6.07, 6.45) is 5.66. The molecular weight excluding hydrogens is 695 g/mol. The van der Waals surface area contributed by atoms with E-state index in [0.717, 1.165) is 105 Å². The molecule has 3 heteroatoms. The van der Waals surface area contributed by atoms with Gasteiger partial charge < -0.3 is 13.7 Å². The molecule has 0 atom stereocenters. The number of allylic oxidation sites excluding steroid dienone is 4. The van der Waals surface area contributed by atoms with E-state index in [0.29, 0.717) is 0 Å². The summed E-state index contributed by atoms with van der Waals surface area (Å²) < 4.78 is 13.6. The molecule has 10 rings (SSSR count). The summed E-state index contributed by atoms with van der Waals surface area (Å²) in [5, 5.41) is 4.21. The molecule has 0 aliphatic carbocycles. The van der Waals surface area contributed by atoms with E-state index < -0.39 is 0 Å². The number of furan rings is 2. The Bertz CT molecular complexity index is 3150. The third-order valence-electron chi connectivity index (χ3n) is 10.8. The third kappa shape index (κ3) is 6.03. The van der Waals surface area contributed by atoms with Crippen molar-refractivity contribution in [1.82, 2.24) is 0 Å². The van der Waals surface area contributed by atoms with Crippen molar-refractivity contribution in [3.63, 3.8) is 0 Å². The van der Waals surface area contributed by atoms with Crippen LogP contribution >= 0.6 is 0 Å². The highest BCUT2D eigenvalue weighted by atomic mass is 16.3. The Morgan fingerprint density at radius 1 is 0.456 bits per heavy atom. The molecule has 270 valence electrons. The van der Waals surface area contributed by atoms with Crippen molar-refractivity contribution in [3.8, 4) is 33.4 Å². The molecule has 0 saturated heterocycles. The molecule has 57 heavy (non-hydrogen) atoms. The lowest BCUT2D eigenvalue weighted by Gasteiger charge is -2.27. The number of hydrogen-bond donors (Lipinski definition) is 0. The van der Waals surface area contributed by atoms with Crippen molar-refractivity contribution in [3.05, 3.63) is 219 Å². The van der Waals surface area contributed by atoms with E-state index in [1.165, 1.54) is 0 Å². The average molecular weight is 732 g/mol. The van der Waals surface area contributed by atoms with E-state index >= 15 is 0 Å². The summed E-state index contributed by atoms with van der Waals surface area (Å²) in [5.41, 5.74) is 14.9. The van der Waals surface area contributed by atoms with Crippen molar-refractivity contribution in [2.75, 3.05) is 4.90 Å². The van der Waals surface area contributed by atoms with Crippen LogP contribution in [0.2, 0.25) is 0 Å². The largest absolute Gasteiger partial charge is 0.456 e. The molecule has 2 aromatic heterocycles. The Labute approximate surface area is 331 Å². The van der Waals surface area contributed by atoms with E-state index in [4.69, 9.17) is 8.83 Å². The molecule has 10 aromatic rings. The molecule has 0 amide bonds. The highest BCUT2D eigenvalue weighted by Crippen LogP contribution is 2.48. The fraction of sp³-hybridized carbons (Fsp3) is 0. The van der Waals surface area contributed by atoms with Gasteiger partial charge in [0.25, 0.3) is 0 Å². The van der Waals surface area contributed by atoms with Crippen LogP contribution in [0.15, 0.2) is 222 Å². The highest BCUT2D eigenvalue weighted by molar-refractivity contribution is 6.18. The zero-order valence-corrected chi connectivity index (χ0v) is 31.2. The minimum atomic E-state index is 0.814. The lowest BCUT2D eigenvalue weighted by atomic mass is 9.98. The predicted octanol–water partition coefficient (Wildman–Crippen LogP) is 15.7. The molecule has 0 saturated carbocycles. The minimum absolute atomic E-state index is 0.814. The van der Waals surface area contributed by atoms with Crippen LogP contribution in [0.25, 0.3) is 82.8 Å². The molecule has 0 unspecified atom stereocenters. The van der Waals surface area contributed by atoms with Gasteiger partial charge in [-0.15, -0.1) is 0 Å². The van der Waals surface area contributed by atoms with Crippen molar-refractivity contribution in [1.29, 1.82) is 0 Å². The van der Waals surface area contributed by atoms with Gasteiger partial charge in [-0.3, -0.25) is 0 Å². The molecule has 0 N–H and O–H groups in total. The van der Waals surface area contributed by atoms with Crippen LogP contribution < -0.4 is 4.90 Å². The molecule has 2 heterocycles. The Kier molecular flexibility index (Phi) is 8.46. The fourth-order valence-corrected chi connectivity index (χ4v) is 8.08. The van der Waals surface area contributed by atoms with Crippen LogP contribution in [0.4, 0.5) is 17.1 Å². The Balaban J connectivity index is 1.23. The van der Waals surface area contributed by atoms with E-state index in [1.807, 2.05) is 30.4 Å². The number of nitrogens with zero attached hydrogens (tertiary/aromatic N) is 1. The lowest BCUT2D eigenvalue weighted by Crippen LogP contribution is -2.10. The van der Waals surface area contributed by atoms with Crippen molar-refractivity contribution < 1.29 is 8.83 Å². The topological polar surface area (TPSA) is 29.5 Å². The van der Waals surface area contributed by atoms with Gasteiger partial charge in [0.05, 0.1) is 11.1 Å². The number of benzene rings is 8. The van der Waals surface area contributed by atoms with Crippen molar-refractivity contribution >= 4 is 66.5 Å². The fourth-order valence-electron chi connectivity index (χ4n) is 8.08. The maximum absolute atomic E-state index is 6.95. The second kappa shape index (κ2) is 14.2. The second-order valence-corrected chi connectivity index (χ2v) is 14.2. The number of rotatable bonds is 9. The van der Waals surface area contributed by atoms with Gasteiger partial charge in [0, 0.05) is 39.2 Å². The smallest absolute Gasteiger partial charge is 0.145 e. The van der Waals surface area contributed by atoms with Gasteiger partial charge in [-0.25, -0.2) is 0 Å². The van der Waals surface area contributed by atoms with Gasteiger partial charge in [-0.1, -0.05) is 147 Å². The number of anilines is 3. The van der Waals surface area contributed by atoms with Crippen LogP contribution in [0.3, 0.4) is 0 Å². The van der Waals surface area contributed by atoms with E-state index in [2.05, 4.69) is 182 Å². The SMILES string of the molecule is C=C/C=C(\C=C)c1cccc(N(c2ccc3c(c2)oc2cc(-c4ccccc4)ccc23)c2ccc(-c3ccccc3)c3oc4cc(-c5ccccc5)ccc4c23)c1. The van der Waals surface area contributed by atoms with Gasteiger partial charge in [-0.05, 0) is 99.6 Å². The van der Waals surface area contributed by atoms with Gasteiger partial charge in [0.1, 0.15) is 22.3 Å². The quantitative estimate of drug-likeness (QED) is 0.138. The highest BCUT2D eigenvalue weighted by Gasteiger charge is 2.24. The number of hydrogen-bond acceptors (Lipinski definition) is 3. The van der Waals surface area contributed by atoms with Crippen LogP contribution in [0.1, 0.15) is 5.56 Å². The first-order valence-corrected chi connectivity index (χ1v) is 19.1. The van der Waals surface area contributed by atoms with Crippen LogP contribution in [-0.4, -0.2) is 0 Å². The van der Waals surface area contributed by atoms with Gasteiger partial charge in [0.2, 0.25) is 0 Å². The van der Waals surface area contributed by atoms with E-state index in [-0.39, 0.29) is 0 Å². The Morgan fingerprint density at radius 2 is 1.04 bits per heavy atom. The molecule has 0 aliphatic heterocycles. The summed E-state index contributed by atoms with van der Waals surface area (Å²) in [7, 11) is 0. The van der Waals surface area contributed by atoms with E-state index in [9.17, 15) is 0 Å². The van der Waals surface area contributed by atoms with Gasteiger partial charge in [-0.2, -0.15) is 0 Å². The minimum Gasteiger partial charge on any atom is -0.456 e. The van der Waals surface area contributed by atoms with Crippen LogP contribution in [0.5, 0.6) is 0 Å². The van der Waals surface area contributed by atoms with E-state index in [1.54, 1.807) is 6.08 Å². The first-order valence-electron chi connectivity index (χ1n) is 19.1. The normalized spacial score (nSPS) is 11.8. The average Bonchev–Trinajstić information content (AvgIpc) is 3.84. The Morgan fingerprint density at radius 3 is 1.68 bits per heavy atom. The molecule has 0 bridgehead atoms. The lowest BCUT2D eigenvalue weighted by molar-refractivity contribution is 0.669. The zero-order valence-electron chi connectivity index (χ0n) is 31.2. The van der Waals surface area contributed by atoms with Crippen LogP contribution in [0, 0.1) is 0 Å². The molecule has 8 aromatic carbocycles. The number of fused-ring (bicyclic) bond motifs is 6.